The molecule has 0 nitrogen and oxygen atoms in total. The summed E-state index contributed by atoms with van der Waals surface area (Å²) in [5, 5.41) is 0. The van der Waals surface area contributed by atoms with Crippen molar-refractivity contribution in [2.45, 2.75) is 59.8 Å². The fourth-order valence-electron chi connectivity index (χ4n) is 1.55. The predicted octanol–water partition coefficient (Wildman–Crippen LogP) is 4.25. The Labute approximate surface area is 72.4 Å². The van der Waals surface area contributed by atoms with Crippen molar-refractivity contribution in [3.8, 4) is 0 Å². The van der Waals surface area contributed by atoms with Crippen LogP contribution in [0.1, 0.15) is 59.8 Å². The molecule has 0 N–H and O–H groups in total. The van der Waals surface area contributed by atoms with Crippen molar-refractivity contribution in [3.05, 3.63) is 0 Å². The molecule has 2 rings (SSSR count). The molecule has 0 saturated heterocycles. The second-order valence-corrected chi connectivity index (χ2v) is 4.10. The Bertz CT molecular complexity index is 66.0. The lowest BCUT2D eigenvalue weighted by Crippen LogP contribution is -2.16. The van der Waals surface area contributed by atoms with E-state index in [-0.39, 0.29) is 7.43 Å². The smallest absolute Gasteiger partial charge is 0.0438 e. The van der Waals surface area contributed by atoms with Crippen LogP contribution in [0.25, 0.3) is 0 Å². The Morgan fingerprint density at radius 3 is 1.00 bits per heavy atom. The van der Waals surface area contributed by atoms with Crippen LogP contribution in [0.2, 0.25) is 0 Å². The van der Waals surface area contributed by atoms with E-state index in [1.165, 1.54) is 38.5 Å². The zero-order chi connectivity index (χ0) is 7.40. The van der Waals surface area contributed by atoms with Gasteiger partial charge in [0.2, 0.25) is 0 Å². The van der Waals surface area contributed by atoms with Gasteiger partial charge in [0.1, 0.15) is 0 Å². The first-order chi connectivity index (χ1) is 4.79. The Hall–Kier alpha value is 0. The number of rotatable bonds is 0. The van der Waals surface area contributed by atoms with Gasteiger partial charge in [0.25, 0.3) is 0 Å². The van der Waals surface area contributed by atoms with Crippen LogP contribution in [0.4, 0.5) is 0 Å². The summed E-state index contributed by atoms with van der Waals surface area (Å²) in [5.41, 5.74) is 0. The van der Waals surface area contributed by atoms with E-state index < -0.39 is 0 Å². The van der Waals surface area contributed by atoms with E-state index in [9.17, 15) is 0 Å². The normalized spacial score (nSPS) is 33.3. The average Bonchev–Trinajstić information content (AvgIpc) is 1.56. The molecule has 2 fully saturated rings. The zero-order valence-electron chi connectivity index (χ0n) is 7.40. The first kappa shape index (κ1) is 11.0. The predicted molar refractivity (Wildman–Crippen MR) is 52.8 cm³/mol. The van der Waals surface area contributed by atoms with Crippen LogP contribution >= 0.6 is 0 Å². The first-order valence-corrected chi connectivity index (χ1v) is 4.79. The van der Waals surface area contributed by atoms with Crippen LogP contribution in [-0.4, -0.2) is 0 Å². The molecule has 0 aromatic carbocycles. The van der Waals surface area contributed by atoms with E-state index in [4.69, 9.17) is 0 Å². The van der Waals surface area contributed by atoms with E-state index >= 15 is 0 Å². The molecule has 0 bridgehead atoms. The highest BCUT2D eigenvalue weighted by Crippen LogP contribution is 2.31. The maximum Gasteiger partial charge on any atom is -0.0438 e. The van der Waals surface area contributed by atoms with Crippen LogP contribution in [0.15, 0.2) is 0 Å². The molecule has 11 heavy (non-hydrogen) atoms. The number of hydrogen-bond donors (Lipinski definition) is 0. The summed E-state index contributed by atoms with van der Waals surface area (Å²) < 4.78 is 0. The summed E-state index contributed by atoms with van der Waals surface area (Å²) in [5.74, 6) is 2.08. The van der Waals surface area contributed by atoms with Crippen molar-refractivity contribution in [1.29, 1.82) is 0 Å². The molecule has 0 heteroatoms. The lowest BCUT2D eigenvalue weighted by atomic mass is 9.78. The third kappa shape index (κ3) is 4.44. The molecule has 0 aromatic heterocycles. The average molecular weight is 156 g/mol. The van der Waals surface area contributed by atoms with E-state index in [2.05, 4.69) is 13.8 Å². The van der Waals surface area contributed by atoms with Crippen LogP contribution < -0.4 is 0 Å². The van der Waals surface area contributed by atoms with Crippen molar-refractivity contribution in [1.82, 2.24) is 0 Å². The standard InChI is InChI=1S/C6H12.C4H8.CH4/c1-5-3-6(2)4-5;1-2-4-3-1;/h5-6H,3-4H2,1-2H3;1-4H2;1H4. The van der Waals surface area contributed by atoms with Gasteiger partial charge in [-0.1, -0.05) is 47.0 Å². The molecular formula is C11H24. The lowest BCUT2D eigenvalue weighted by molar-refractivity contribution is 0.233. The van der Waals surface area contributed by atoms with E-state index in [0.717, 1.165) is 11.8 Å². The van der Waals surface area contributed by atoms with Gasteiger partial charge in [0.05, 0.1) is 0 Å². The molecule has 68 valence electrons. The Morgan fingerprint density at radius 1 is 0.727 bits per heavy atom. The minimum absolute atomic E-state index is 0. The minimum Gasteiger partial charge on any atom is -0.0776 e. The van der Waals surface area contributed by atoms with Gasteiger partial charge in [-0.15, -0.1) is 0 Å². The molecule has 0 atom stereocenters. The van der Waals surface area contributed by atoms with Crippen molar-refractivity contribution >= 4 is 0 Å². The van der Waals surface area contributed by atoms with Gasteiger partial charge in [-0.2, -0.15) is 0 Å². The monoisotopic (exact) mass is 156 g/mol. The highest BCUT2D eigenvalue weighted by Gasteiger charge is 2.19. The van der Waals surface area contributed by atoms with Gasteiger partial charge < -0.3 is 0 Å². The van der Waals surface area contributed by atoms with Gasteiger partial charge in [-0.25, -0.2) is 0 Å². The third-order valence-electron chi connectivity index (χ3n) is 2.61. The van der Waals surface area contributed by atoms with E-state index in [0.29, 0.717) is 0 Å². The van der Waals surface area contributed by atoms with Crippen LogP contribution in [0, 0.1) is 11.8 Å². The second-order valence-electron chi connectivity index (χ2n) is 4.10. The summed E-state index contributed by atoms with van der Waals surface area (Å²) in [7, 11) is 0. The van der Waals surface area contributed by atoms with Gasteiger partial charge in [-0.3, -0.25) is 0 Å². The quantitative estimate of drug-likeness (QED) is 0.492. The molecule has 0 spiro atoms. The van der Waals surface area contributed by atoms with Crippen LogP contribution in [-0.2, 0) is 0 Å². The summed E-state index contributed by atoms with van der Waals surface area (Å²) in [6, 6.07) is 0. The maximum atomic E-state index is 2.32. The topological polar surface area (TPSA) is 0 Å². The largest absolute Gasteiger partial charge is 0.0776 e. The summed E-state index contributed by atoms with van der Waals surface area (Å²) in [6.07, 6.45) is 8.94. The van der Waals surface area contributed by atoms with Crippen molar-refractivity contribution < 1.29 is 0 Å². The Balaban J connectivity index is 0.000000177. The Kier molecular flexibility index (Phi) is 5.62. The van der Waals surface area contributed by atoms with Gasteiger partial charge in [-0.05, 0) is 24.7 Å². The number of hydrogen-bond acceptors (Lipinski definition) is 0. The van der Waals surface area contributed by atoms with Gasteiger partial charge >= 0.3 is 0 Å². The molecule has 2 aliphatic rings. The van der Waals surface area contributed by atoms with Crippen molar-refractivity contribution in [2.75, 3.05) is 0 Å². The first-order valence-electron chi connectivity index (χ1n) is 4.79. The maximum absolute atomic E-state index is 2.32. The highest BCUT2D eigenvalue weighted by molar-refractivity contribution is 4.71. The van der Waals surface area contributed by atoms with E-state index in [1.54, 1.807) is 0 Å². The Morgan fingerprint density at radius 2 is 1.00 bits per heavy atom. The highest BCUT2D eigenvalue weighted by atomic mass is 14.2. The third-order valence-corrected chi connectivity index (χ3v) is 2.61. The minimum atomic E-state index is 0. The molecule has 0 aromatic rings. The van der Waals surface area contributed by atoms with Gasteiger partial charge in [0.15, 0.2) is 0 Å². The molecular weight excluding hydrogens is 132 g/mol. The molecule has 0 amide bonds. The summed E-state index contributed by atoms with van der Waals surface area (Å²) >= 11 is 0. The van der Waals surface area contributed by atoms with Crippen molar-refractivity contribution in [2.24, 2.45) is 11.8 Å². The lowest BCUT2D eigenvalue weighted by Gasteiger charge is -2.28. The molecule has 2 aliphatic carbocycles. The van der Waals surface area contributed by atoms with Crippen molar-refractivity contribution in [3.63, 3.8) is 0 Å². The second kappa shape index (κ2) is 5.62. The molecule has 0 heterocycles. The summed E-state index contributed by atoms with van der Waals surface area (Å²) in [6.45, 7) is 4.64. The zero-order valence-corrected chi connectivity index (χ0v) is 7.40. The molecule has 0 radical (unpaired) electrons. The fourth-order valence-corrected chi connectivity index (χ4v) is 1.55. The molecule has 0 unspecified atom stereocenters. The molecule has 0 aliphatic heterocycles. The SMILES string of the molecule is C.C1CCC1.CC1CC(C)C1. The van der Waals surface area contributed by atoms with Crippen LogP contribution in [0.3, 0.4) is 0 Å². The summed E-state index contributed by atoms with van der Waals surface area (Å²) in [4.78, 5) is 0. The van der Waals surface area contributed by atoms with Gasteiger partial charge in [0, 0.05) is 0 Å². The fraction of sp³-hybridized carbons (Fsp3) is 1.00. The van der Waals surface area contributed by atoms with Crippen LogP contribution in [0.5, 0.6) is 0 Å². The van der Waals surface area contributed by atoms with E-state index in [1.807, 2.05) is 0 Å². The molecule has 2 saturated carbocycles.